The van der Waals surface area contributed by atoms with Crippen molar-refractivity contribution in [3.05, 3.63) is 10.1 Å². The summed E-state index contributed by atoms with van der Waals surface area (Å²) in [5.41, 5.74) is 5.35. The number of aliphatic carboxylic acids is 1. The summed E-state index contributed by atoms with van der Waals surface area (Å²) >= 11 is 0. The number of ketones is 1. The van der Waals surface area contributed by atoms with Crippen LogP contribution < -0.4 is 16.4 Å². The van der Waals surface area contributed by atoms with Crippen molar-refractivity contribution in [3.8, 4) is 0 Å². The lowest BCUT2D eigenvalue weighted by Crippen LogP contribution is -2.46. The van der Waals surface area contributed by atoms with Gasteiger partial charge >= 0.3 is 11.9 Å². The lowest BCUT2D eigenvalue weighted by Gasteiger charge is -2.22. The van der Waals surface area contributed by atoms with Gasteiger partial charge in [0.05, 0.1) is 13.2 Å². The molecule has 2 saturated heterocycles. The number of rotatable bonds is 15. The van der Waals surface area contributed by atoms with Crippen molar-refractivity contribution in [2.45, 2.75) is 75.5 Å². The molecule has 2 aliphatic heterocycles. The summed E-state index contributed by atoms with van der Waals surface area (Å²) in [6.45, 7) is 1.06. The Morgan fingerprint density at radius 1 is 1.11 bits per heavy atom. The van der Waals surface area contributed by atoms with Crippen LogP contribution in [0.15, 0.2) is 0 Å². The fourth-order valence-electron chi connectivity index (χ4n) is 3.67. The fraction of sp³-hybridized carbons (Fsp3) is 0.750. The Labute approximate surface area is 205 Å². The lowest BCUT2D eigenvalue weighted by molar-refractivity contribution is -0.769. The second kappa shape index (κ2) is 13.6. The van der Waals surface area contributed by atoms with Gasteiger partial charge in [0.15, 0.2) is 12.2 Å². The van der Waals surface area contributed by atoms with E-state index in [-0.39, 0.29) is 44.9 Å². The Balaban J connectivity index is 1.82. The molecule has 2 amide bonds. The molecule has 0 spiro atoms. The van der Waals surface area contributed by atoms with Crippen LogP contribution in [0, 0.1) is 10.1 Å². The van der Waals surface area contributed by atoms with Gasteiger partial charge in [-0.05, 0) is 25.7 Å². The van der Waals surface area contributed by atoms with E-state index in [1.807, 2.05) is 0 Å². The molecular formula is C20H30N4O12. The highest BCUT2D eigenvalue weighted by Gasteiger charge is 2.51. The molecule has 2 rings (SSSR count). The Morgan fingerprint density at radius 3 is 2.36 bits per heavy atom. The average Bonchev–Trinajstić information content (AvgIpc) is 3.38. The maximum atomic E-state index is 12.8. The number of Topliss-reactive ketones (excluding diaryl/α,β-unsaturated/α-hetero) is 1. The van der Waals surface area contributed by atoms with Crippen molar-refractivity contribution in [1.29, 1.82) is 0 Å². The second-order valence-electron chi connectivity index (χ2n) is 8.35. The third-order valence-electron chi connectivity index (χ3n) is 5.60. The predicted molar refractivity (Wildman–Crippen MR) is 116 cm³/mol. The third-order valence-corrected chi connectivity index (χ3v) is 5.60. The molecular weight excluding hydrogens is 488 g/mol. The first kappa shape index (κ1) is 28.9. The van der Waals surface area contributed by atoms with Gasteiger partial charge in [0.2, 0.25) is 11.7 Å². The standard InChI is InChI=1S/C20H30N4O12/c1-10(25)18(27)23-12(4-2-3-7-22-15(26)6-5-11(21)19(28)29)20(30)35-13-8-33-17-14(36-24(31)32)9-34-16(13)17/h11-14,16-17H,2-9,21H2,1H3,(H,22,26)(H,23,27)(H,28,29)/t11?,12-,13-,14+,16?,17?/m0/s1. The summed E-state index contributed by atoms with van der Waals surface area (Å²) < 4.78 is 16.3. The maximum Gasteiger partial charge on any atom is 0.329 e. The molecule has 0 aromatic heterocycles. The Morgan fingerprint density at radius 2 is 1.75 bits per heavy atom. The van der Waals surface area contributed by atoms with E-state index in [1.165, 1.54) is 0 Å². The quantitative estimate of drug-likeness (QED) is 0.0594. The van der Waals surface area contributed by atoms with E-state index in [2.05, 4.69) is 15.5 Å². The number of carbonyl (C=O) groups excluding carboxylic acids is 4. The van der Waals surface area contributed by atoms with E-state index < -0.39 is 65.2 Å². The highest BCUT2D eigenvalue weighted by atomic mass is 17.0. The molecule has 16 nitrogen and oxygen atoms in total. The summed E-state index contributed by atoms with van der Waals surface area (Å²) in [4.78, 5) is 73.5. The summed E-state index contributed by atoms with van der Waals surface area (Å²) in [6.07, 6.45) is -2.65. The van der Waals surface area contributed by atoms with Gasteiger partial charge in [0.1, 0.15) is 24.3 Å². The van der Waals surface area contributed by atoms with Gasteiger partial charge in [-0.25, -0.2) is 4.79 Å². The minimum absolute atomic E-state index is 0.0124. The number of amides is 2. The zero-order valence-corrected chi connectivity index (χ0v) is 19.6. The number of nitrogens with two attached hydrogens (primary N) is 1. The maximum absolute atomic E-state index is 12.8. The van der Waals surface area contributed by atoms with E-state index >= 15 is 0 Å². The van der Waals surface area contributed by atoms with Gasteiger partial charge in [-0.1, -0.05) is 0 Å². The van der Waals surface area contributed by atoms with Crippen LogP contribution in [-0.4, -0.2) is 96.0 Å². The lowest BCUT2D eigenvalue weighted by atomic mass is 10.1. The second-order valence-corrected chi connectivity index (χ2v) is 8.35. The molecule has 2 heterocycles. The largest absolute Gasteiger partial charge is 0.480 e. The van der Waals surface area contributed by atoms with Gasteiger partial charge in [-0.2, -0.15) is 0 Å². The minimum atomic E-state index is -1.20. The zero-order chi connectivity index (χ0) is 26.8. The number of unbranched alkanes of at least 4 members (excludes halogenated alkanes) is 1. The first-order valence-corrected chi connectivity index (χ1v) is 11.3. The summed E-state index contributed by atoms with van der Waals surface area (Å²) in [7, 11) is 0. The van der Waals surface area contributed by atoms with Gasteiger partial charge in [0.25, 0.3) is 11.0 Å². The van der Waals surface area contributed by atoms with E-state index in [1.54, 1.807) is 0 Å². The normalized spacial score (nSPS) is 24.2. The molecule has 0 radical (unpaired) electrons. The van der Waals surface area contributed by atoms with Gasteiger partial charge < -0.3 is 40.5 Å². The molecule has 3 unspecified atom stereocenters. The number of nitrogens with one attached hydrogen (secondary N) is 2. The zero-order valence-electron chi connectivity index (χ0n) is 19.6. The SMILES string of the molecule is CC(=O)C(=O)N[C@@H](CCCCNC(=O)CCC(N)C(=O)O)C(=O)O[C@H]1COC2C1OC[C@H]2O[N+](=O)[O-]. The van der Waals surface area contributed by atoms with E-state index in [0.29, 0.717) is 12.8 Å². The molecule has 202 valence electrons. The number of fused-ring (bicyclic) bond motifs is 1. The third kappa shape index (κ3) is 8.69. The molecule has 2 fully saturated rings. The highest BCUT2D eigenvalue weighted by Crippen LogP contribution is 2.30. The number of carboxylic acid groups (broad SMARTS) is 1. The molecule has 6 atom stereocenters. The number of ether oxygens (including phenoxy) is 3. The summed E-state index contributed by atoms with van der Waals surface area (Å²) in [5.74, 6) is -4.19. The molecule has 0 bridgehead atoms. The summed E-state index contributed by atoms with van der Waals surface area (Å²) in [5, 5.41) is 23.3. The molecule has 0 saturated carbocycles. The van der Waals surface area contributed by atoms with Crippen molar-refractivity contribution in [2.75, 3.05) is 19.8 Å². The van der Waals surface area contributed by atoms with Crippen LogP contribution in [0.25, 0.3) is 0 Å². The van der Waals surface area contributed by atoms with E-state index in [0.717, 1.165) is 6.92 Å². The first-order valence-electron chi connectivity index (χ1n) is 11.3. The van der Waals surface area contributed by atoms with Crippen LogP contribution in [0.3, 0.4) is 0 Å². The van der Waals surface area contributed by atoms with Crippen LogP contribution in [0.2, 0.25) is 0 Å². The molecule has 0 aromatic carbocycles. The monoisotopic (exact) mass is 518 g/mol. The Kier molecular flexibility index (Phi) is 10.9. The van der Waals surface area contributed by atoms with Crippen molar-refractivity contribution in [3.63, 3.8) is 0 Å². The van der Waals surface area contributed by atoms with Crippen LogP contribution >= 0.6 is 0 Å². The van der Waals surface area contributed by atoms with Crippen LogP contribution in [0.4, 0.5) is 0 Å². The number of hydrogen-bond donors (Lipinski definition) is 4. The molecule has 0 aromatic rings. The molecule has 2 aliphatic rings. The number of carbonyl (C=O) groups is 5. The van der Waals surface area contributed by atoms with Crippen LogP contribution in [-0.2, 0) is 43.0 Å². The van der Waals surface area contributed by atoms with E-state index in [9.17, 15) is 34.1 Å². The van der Waals surface area contributed by atoms with Crippen molar-refractivity contribution in [1.82, 2.24) is 10.6 Å². The van der Waals surface area contributed by atoms with Crippen molar-refractivity contribution in [2.24, 2.45) is 5.73 Å². The number of nitrogens with zero attached hydrogens (tertiary/aromatic N) is 1. The number of carboxylic acids is 1. The predicted octanol–water partition coefficient (Wildman–Crippen LogP) is -2.17. The summed E-state index contributed by atoms with van der Waals surface area (Å²) in [6, 6.07) is -2.30. The molecule has 5 N–H and O–H groups in total. The van der Waals surface area contributed by atoms with Crippen LogP contribution in [0.5, 0.6) is 0 Å². The first-order chi connectivity index (χ1) is 17.0. The Bertz CT molecular complexity index is 853. The molecule has 36 heavy (non-hydrogen) atoms. The van der Waals surface area contributed by atoms with E-state index in [4.69, 9.17) is 25.1 Å². The smallest absolute Gasteiger partial charge is 0.329 e. The number of esters is 1. The molecule has 16 heteroatoms. The van der Waals surface area contributed by atoms with Crippen molar-refractivity contribution < 1.29 is 53.2 Å². The highest BCUT2D eigenvalue weighted by molar-refractivity contribution is 6.35. The Hall–Kier alpha value is -3.37. The topological polar surface area (TPSA) is 236 Å². The average molecular weight is 518 g/mol. The minimum Gasteiger partial charge on any atom is -0.480 e. The van der Waals surface area contributed by atoms with Gasteiger partial charge in [0, 0.05) is 19.9 Å². The molecule has 0 aliphatic carbocycles. The van der Waals surface area contributed by atoms with Crippen LogP contribution in [0.1, 0.15) is 39.0 Å². The van der Waals surface area contributed by atoms with Gasteiger partial charge in [-0.15, -0.1) is 10.1 Å². The van der Waals surface area contributed by atoms with Crippen molar-refractivity contribution >= 4 is 29.5 Å². The fourth-order valence-corrected chi connectivity index (χ4v) is 3.67. The van der Waals surface area contributed by atoms with Gasteiger partial charge in [-0.3, -0.25) is 19.2 Å². The number of hydrogen-bond acceptors (Lipinski definition) is 12.